The lowest BCUT2D eigenvalue weighted by molar-refractivity contribution is 0.00578. The topological polar surface area (TPSA) is 75.5 Å². The fraction of sp³-hybridized carbons (Fsp3) is 0.483. The average molecular weight is 532 g/mol. The smallest absolute Gasteiger partial charge is 0.399 e. The van der Waals surface area contributed by atoms with Crippen molar-refractivity contribution in [3.05, 3.63) is 53.2 Å². The van der Waals surface area contributed by atoms with Gasteiger partial charge in [-0.2, -0.15) is 9.90 Å². The number of rotatable bonds is 8. The molecule has 0 radical (unpaired) electrons. The average Bonchev–Trinajstić information content (AvgIpc) is 3.46. The zero-order chi connectivity index (χ0) is 27.5. The maximum absolute atomic E-state index is 12.4. The Morgan fingerprint density at radius 1 is 1.00 bits per heavy atom. The van der Waals surface area contributed by atoms with E-state index in [1.165, 1.54) is 34.0 Å². The molecule has 1 saturated heterocycles. The quantitative estimate of drug-likeness (QED) is 0.174. The van der Waals surface area contributed by atoms with E-state index >= 15 is 0 Å². The fourth-order valence-corrected chi connectivity index (χ4v) is 5.62. The molecule has 0 saturated carbocycles. The van der Waals surface area contributed by atoms with Gasteiger partial charge in [-0.1, -0.05) is 50.0 Å². The number of nitrogens with zero attached hydrogens (tertiary/aromatic N) is 3. The summed E-state index contributed by atoms with van der Waals surface area (Å²) in [6.45, 7) is 17.7. The summed E-state index contributed by atoms with van der Waals surface area (Å²) in [6.07, 6.45) is 0.801. The van der Waals surface area contributed by atoms with E-state index < -0.39 is 8.07 Å². The number of carbonyl (C=O) groups is 1. The minimum absolute atomic E-state index is 0.107. The number of ether oxygens (including phenoxy) is 1. The number of Topliss-reactive ketones (excluding diaryl/α,β-unsaturated/α-hetero) is 1. The van der Waals surface area contributed by atoms with Crippen LogP contribution in [0.2, 0.25) is 25.7 Å². The summed E-state index contributed by atoms with van der Waals surface area (Å²) in [6, 6.07) is 13.8. The number of aromatic nitrogens is 3. The first-order valence-corrected chi connectivity index (χ1v) is 17.1. The van der Waals surface area contributed by atoms with Crippen LogP contribution in [0, 0.1) is 0 Å². The highest BCUT2D eigenvalue weighted by Crippen LogP contribution is 2.40. The molecular weight excluding hydrogens is 493 g/mol. The molecule has 0 spiro atoms. The molecule has 5 rings (SSSR count). The Labute approximate surface area is 227 Å². The largest absolute Gasteiger partial charge is 0.494 e. The van der Waals surface area contributed by atoms with Crippen molar-refractivity contribution >= 4 is 26.4 Å². The Bertz CT molecular complexity index is 1380. The first-order valence-electron chi connectivity index (χ1n) is 13.4. The Morgan fingerprint density at radius 2 is 1.63 bits per heavy atom. The van der Waals surface area contributed by atoms with Crippen LogP contribution in [0.3, 0.4) is 0 Å². The molecule has 9 heteroatoms. The van der Waals surface area contributed by atoms with Crippen molar-refractivity contribution in [2.75, 3.05) is 6.61 Å². The number of hydrogen-bond acceptors (Lipinski definition) is 6. The van der Waals surface area contributed by atoms with Gasteiger partial charge in [0.25, 0.3) is 0 Å². The van der Waals surface area contributed by atoms with Gasteiger partial charge in [0.1, 0.15) is 5.69 Å². The van der Waals surface area contributed by atoms with E-state index in [2.05, 4.69) is 87.9 Å². The molecular formula is C29H38BN3O4Si. The van der Waals surface area contributed by atoms with Crippen LogP contribution in [-0.4, -0.2) is 53.8 Å². The molecule has 7 nitrogen and oxygen atoms in total. The molecule has 1 aliphatic heterocycles. The summed E-state index contributed by atoms with van der Waals surface area (Å²) in [5.74, 6) is -0.107. The predicted molar refractivity (Wildman–Crippen MR) is 154 cm³/mol. The summed E-state index contributed by atoms with van der Waals surface area (Å²) < 4.78 is 18.4. The third-order valence-corrected chi connectivity index (χ3v) is 9.60. The van der Waals surface area contributed by atoms with Crippen molar-refractivity contribution in [2.45, 2.75) is 84.7 Å². The van der Waals surface area contributed by atoms with E-state index in [4.69, 9.17) is 14.0 Å². The molecule has 1 fully saturated rings. The second-order valence-corrected chi connectivity index (χ2v) is 18.3. The lowest BCUT2D eigenvalue weighted by atomic mass is 9.78. The third-order valence-electron chi connectivity index (χ3n) is 7.90. The second-order valence-electron chi connectivity index (χ2n) is 12.7. The van der Waals surface area contributed by atoms with E-state index in [1.54, 1.807) is 0 Å². The fourth-order valence-electron chi connectivity index (χ4n) is 4.87. The summed E-state index contributed by atoms with van der Waals surface area (Å²) >= 11 is 0. The Morgan fingerprint density at radius 3 is 2.26 bits per heavy atom. The molecule has 0 unspecified atom stereocenters. The lowest BCUT2D eigenvalue weighted by Crippen LogP contribution is -2.41. The highest BCUT2D eigenvalue weighted by molar-refractivity contribution is 6.76. The van der Waals surface area contributed by atoms with Gasteiger partial charge in [0.2, 0.25) is 0 Å². The van der Waals surface area contributed by atoms with Gasteiger partial charge in [-0.25, -0.2) is 0 Å². The first-order chi connectivity index (χ1) is 17.7. The molecule has 38 heavy (non-hydrogen) atoms. The van der Waals surface area contributed by atoms with Gasteiger partial charge in [0, 0.05) is 27.2 Å². The lowest BCUT2D eigenvalue weighted by Gasteiger charge is -2.32. The number of benzene rings is 2. The van der Waals surface area contributed by atoms with E-state index in [-0.39, 0.29) is 30.8 Å². The summed E-state index contributed by atoms with van der Waals surface area (Å²) in [7, 11) is -1.56. The van der Waals surface area contributed by atoms with E-state index in [0.29, 0.717) is 18.0 Å². The molecule has 0 N–H and O–H groups in total. The molecule has 0 bridgehead atoms. The zero-order valence-corrected chi connectivity index (χ0v) is 24.8. The van der Waals surface area contributed by atoms with Crippen molar-refractivity contribution in [1.82, 2.24) is 15.0 Å². The molecule has 0 atom stereocenters. The van der Waals surface area contributed by atoms with Gasteiger partial charge in [0.05, 0.1) is 11.2 Å². The van der Waals surface area contributed by atoms with E-state index in [1.807, 2.05) is 6.07 Å². The van der Waals surface area contributed by atoms with E-state index in [0.717, 1.165) is 23.5 Å². The van der Waals surface area contributed by atoms with Gasteiger partial charge in [-0.05, 0) is 73.9 Å². The van der Waals surface area contributed by atoms with Crippen molar-refractivity contribution in [1.29, 1.82) is 0 Å². The second kappa shape index (κ2) is 9.55. The Kier molecular flexibility index (Phi) is 6.79. The van der Waals surface area contributed by atoms with Crippen LogP contribution in [0.5, 0.6) is 0 Å². The summed E-state index contributed by atoms with van der Waals surface area (Å²) in [5, 5.41) is 9.09. The van der Waals surface area contributed by atoms with Gasteiger partial charge in [-0.15, -0.1) is 5.10 Å². The van der Waals surface area contributed by atoms with Crippen molar-refractivity contribution < 1.29 is 18.8 Å². The first kappa shape index (κ1) is 27.0. The van der Waals surface area contributed by atoms with Crippen LogP contribution in [0.15, 0.2) is 36.4 Å². The maximum Gasteiger partial charge on any atom is 0.494 e. The Balaban J connectivity index is 1.36. The zero-order valence-electron chi connectivity index (χ0n) is 23.8. The number of ketones is 1. The van der Waals surface area contributed by atoms with Crippen molar-refractivity contribution in [3.63, 3.8) is 0 Å². The normalized spacial score (nSPS) is 17.5. The highest BCUT2D eigenvalue weighted by atomic mass is 28.3. The van der Waals surface area contributed by atoms with Gasteiger partial charge >= 0.3 is 7.12 Å². The predicted octanol–water partition coefficient (Wildman–Crippen LogP) is 5.33. The molecule has 200 valence electrons. The van der Waals surface area contributed by atoms with Gasteiger partial charge in [-0.3, -0.25) is 4.79 Å². The van der Waals surface area contributed by atoms with E-state index in [9.17, 15) is 4.79 Å². The highest BCUT2D eigenvalue weighted by Gasteiger charge is 2.51. The molecule has 0 amide bonds. The number of hydrogen-bond donors (Lipinski definition) is 0. The van der Waals surface area contributed by atoms with Crippen LogP contribution in [0.25, 0.3) is 22.4 Å². The minimum Gasteiger partial charge on any atom is -0.399 e. The molecule has 2 aromatic carbocycles. The number of carbonyl (C=O) groups excluding carboxylic acids is 1. The molecule has 3 aromatic rings. The molecule has 2 aliphatic rings. The Hall–Kier alpha value is -2.59. The molecule has 1 aliphatic carbocycles. The maximum atomic E-state index is 12.4. The molecule has 1 aromatic heterocycles. The van der Waals surface area contributed by atoms with Crippen LogP contribution in [0.1, 0.15) is 56.2 Å². The minimum atomic E-state index is -1.18. The van der Waals surface area contributed by atoms with Crippen LogP contribution in [-0.2, 0) is 27.2 Å². The standard InChI is InChI=1S/C29H38BN3O4Si/c1-19(34)26-27(32-33(31-26)18-35-13-14-38(6,7)8)20-9-11-24-21(15-20)16-22-17-23(10-12-25(22)24)30-36-28(2,3)29(4,5)37-30/h9-12,15,17H,13-14,16,18H2,1-8H3. The number of fused-ring (bicyclic) bond motifs is 3. The third kappa shape index (κ3) is 5.17. The van der Waals surface area contributed by atoms with Gasteiger partial charge < -0.3 is 14.0 Å². The van der Waals surface area contributed by atoms with Crippen molar-refractivity contribution in [3.8, 4) is 22.4 Å². The molecule has 2 heterocycles. The van der Waals surface area contributed by atoms with Crippen LogP contribution >= 0.6 is 0 Å². The van der Waals surface area contributed by atoms with Crippen LogP contribution in [0.4, 0.5) is 0 Å². The SMILES string of the molecule is CC(=O)c1nn(COCC[Si](C)(C)C)nc1-c1ccc2c(c1)Cc1cc(B3OC(C)(C)C(C)(C)O3)ccc1-2. The monoisotopic (exact) mass is 531 g/mol. The van der Waals surface area contributed by atoms with Gasteiger partial charge in [0.15, 0.2) is 18.2 Å². The summed E-state index contributed by atoms with van der Waals surface area (Å²) in [5.41, 5.74) is 7.02. The van der Waals surface area contributed by atoms with Crippen LogP contribution < -0.4 is 5.46 Å². The summed E-state index contributed by atoms with van der Waals surface area (Å²) in [4.78, 5) is 13.9. The van der Waals surface area contributed by atoms with Crippen molar-refractivity contribution in [2.24, 2.45) is 0 Å².